The summed E-state index contributed by atoms with van der Waals surface area (Å²) in [5.74, 6) is -5.80. The highest BCUT2D eigenvalue weighted by atomic mass is 16.8. The average Bonchev–Trinajstić information content (AvgIpc) is 3.53. The van der Waals surface area contributed by atoms with Gasteiger partial charge in [-0.1, -0.05) is 69.2 Å². The molecule has 0 bridgehead atoms. The Bertz CT molecular complexity index is 1370. The summed E-state index contributed by atoms with van der Waals surface area (Å²) in [6, 6.07) is 0. The fourth-order valence-electron chi connectivity index (χ4n) is 11.3. The predicted molar refractivity (Wildman–Crippen MR) is 208 cm³/mol. The third-order valence-electron chi connectivity index (χ3n) is 15.2. The van der Waals surface area contributed by atoms with Gasteiger partial charge < -0.3 is 44.1 Å². The van der Waals surface area contributed by atoms with Gasteiger partial charge in [-0.05, 0) is 94.6 Å². The van der Waals surface area contributed by atoms with Crippen LogP contribution in [0.15, 0.2) is 12.2 Å². The Balaban J connectivity index is 1.33. The molecule has 0 aliphatic carbocycles. The van der Waals surface area contributed by atoms with E-state index in [0.717, 1.165) is 6.42 Å². The molecule has 19 atom stereocenters. The van der Waals surface area contributed by atoms with Crippen LogP contribution in [-0.2, 0) is 33.3 Å². The van der Waals surface area contributed by atoms with Gasteiger partial charge in [0.25, 0.3) is 0 Å². The van der Waals surface area contributed by atoms with Crippen LogP contribution in [0.25, 0.3) is 0 Å². The van der Waals surface area contributed by atoms with E-state index in [4.69, 9.17) is 23.7 Å². The van der Waals surface area contributed by atoms with E-state index in [2.05, 4.69) is 27.7 Å². The van der Waals surface area contributed by atoms with Crippen molar-refractivity contribution in [3.05, 3.63) is 12.2 Å². The molecule has 11 heteroatoms. The number of aliphatic hydroxyl groups is 3. The van der Waals surface area contributed by atoms with E-state index in [1.807, 2.05) is 41.5 Å². The molecule has 4 N–H and O–H groups in total. The first-order valence-corrected chi connectivity index (χ1v) is 21.7. The number of carboxylic acid groups (broad SMARTS) is 1. The second-order valence-electron chi connectivity index (χ2n) is 18.6. The SMILES string of the molecule is CC[C@@H](C(=O)O)[C@@H]1O[C@@H]([C@@H](C)[C@H](O)[C@H](C)C(=O)[C@H](CC)[C@H]2O[C@]3(C=C[C@@H](O)[C@]4(CCC(CC)([C@H]5CC[C@](O)(CC)[C@H](C)O5)O4)O3)[C@H](C)C[C@@H]2C)[C@@H](C)C[C@@H]1C. The summed E-state index contributed by atoms with van der Waals surface area (Å²) >= 11 is 0. The monoisotopic (exact) mass is 779 g/mol. The standard InChI is InChI=1S/C44H74O11/c1-12-31(36(47)28(9)35(46)29(10)37-24(5)22-25(6)38(52-37)32(13-2)40(48)49)39-26(7)23-27(8)43(53-39)19-16-33(45)44(55-43)21-20-42(15-4,54-44)34-17-18-41(50,14-3)30(11)51-34/h16,19,24-35,37-39,45-46,50H,12-15,17-18,20-23H2,1-11H3,(H,48,49)/t24-,25-,26-,27+,28-,29-,30-,31-,32+,33+,34+,35+,37+,38+,39-,41+,42?,43-,44-/m0/s1. The van der Waals surface area contributed by atoms with Crippen LogP contribution in [0, 0.1) is 47.3 Å². The lowest BCUT2D eigenvalue weighted by atomic mass is 9.72. The molecule has 5 heterocycles. The lowest BCUT2D eigenvalue weighted by Gasteiger charge is -2.54. The maximum atomic E-state index is 14.5. The number of aliphatic carboxylic acids is 1. The van der Waals surface area contributed by atoms with Crippen LogP contribution >= 0.6 is 0 Å². The van der Waals surface area contributed by atoms with Gasteiger partial charge in [-0.25, -0.2) is 0 Å². The summed E-state index contributed by atoms with van der Waals surface area (Å²) in [6.07, 6.45) is 5.50. The van der Waals surface area contributed by atoms with Crippen molar-refractivity contribution < 1.29 is 53.7 Å². The third-order valence-corrected chi connectivity index (χ3v) is 15.2. The van der Waals surface area contributed by atoms with Gasteiger partial charge in [-0.3, -0.25) is 9.59 Å². The number of rotatable bonds is 13. The van der Waals surface area contributed by atoms with E-state index in [1.54, 1.807) is 19.1 Å². The maximum Gasteiger partial charge on any atom is 0.309 e. The molecule has 0 amide bonds. The Morgan fingerprint density at radius 3 is 2.04 bits per heavy atom. The Hall–Kier alpha value is -1.44. The molecule has 5 aliphatic heterocycles. The average molecular weight is 779 g/mol. The van der Waals surface area contributed by atoms with Gasteiger partial charge in [0.05, 0.1) is 53.7 Å². The predicted octanol–water partition coefficient (Wildman–Crippen LogP) is 6.82. The molecule has 11 nitrogen and oxygen atoms in total. The van der Waals surface area contributed by atoms with Crippen LogP contribution in [0.4, 0.5) is 0 Å². The number of hydrogen-bond acceptors (Lipinski definition) is 10. The first-order chi connectivity index (χ1) is 25.8. The zero-order valence-electron chi connectivity index (χ0n) is 35.5. The second kappa shape index (κ2) is 17.0. The number of carbonyl (C=O) groups excluding carboxylic acids is 1. The molecule has 4 fully saturated rings. The highest BCUT2D eigenvalue weighted by molar-refractivity contribution is 5.84. The highest BCUT2D eigenvalue weighted by Crippen LogP contribution is 2.55. The normalized spacial score (nSPS) is 46.3. The first-order valence-electron chi connectivity index (χ1n) is 21.7. The van der Waals surface area contributed by atoms with Crippen LogP contribution in [0.3, 0.4) is 0 Å². The molecule has 2 spiro atoms. The Morgan fingerprint density at radius 2 is 1.45 bits per heavy atom. The minimum atomic E-state index is -1.37. The Kier molecular flexibility index (Phi) is 13.8. The van der Waals surface area contributed by atoms with Crippen molar-refractivity contribution in [2.45, 2.75) is 206 Å². The summed E-state index contributed by atoms with van der Waals surface area (Å²) in [4.78, 5) is 26.6. The topological polar surface area (TPSA) is 161 Å². The van der Waals surface area contributed by atoms with Crippen LogP contribution in [0.2, 0.25) is 0 Å². The van der Waals surface area contributed by atoms with Gasteiger partial charge in [0, 0.05) is 30.1 Å². The smallest absolute Gasteiger partial charge is 0.309 e. The molecular formula is C44H74O11. The zero-order chi connectivity index (χ0) is 40.8. The summed E-state index contributed by atoms with van der Waals surface area (Å²) in [5, 5.41) is 44.4. The lowest BCUT2D eigenvalue weighted by molar-refractivity contribution is -0.410. The van der Waals surface area contributed by atoms with Crippen LogP contribution in [0.5, 0.6) is 0 Å². The molecule has 55 heavy (non-hydrogen) atoms. The van der Waals surface area contributed by atoms with Crippen LogP contribution < -0.4 is 0 Å². The van der Waals surface area contributed by atoms with E-state index in [0.29, 0.717) is 57.8 Å². The second-order valence-corrected chi connectivity index (χ2v) is 18.6. The minimum Gasteiger partial charge on any atom is -0.481 e. The van der Waals surface area contributed by atoms with Gasteiger partial charge in [0.15, 0.2) is 5.79 Å². The quantitative estimate of drug-likeness (QED) is 0.145. The van der Waals surface area contributed by atoms with Crippen molar-refractivity contribution >= 4 is 11.8 Å². The zero-order valence-corrected chi connectivity index (χ0v) is 35.5. The summed E-state index contributed by atoms with van der Waals surface area (Å²) in [7, 11) is 0. The molecule has 1 unspecified atom stereocenters. The minimum absolute atomic E-state index is 0.00991. The number of aliphatic hydroxyl groups excluding tert-OH is 2. The fraction of sp³-hybridized carbons (Fsp3) is 0.909. The van der Waals surface area contributed by atoms with Crippen LogP contribution in [0.1, 0.15) is 140 Å². The molecule has 0 radical (unpaired) electrons. The molecule has 0 saturated carbocycles. The van der Waals surface area contributed by atoms with Crippen molar-refractivity contribution in [3.8, 4) is 0 Å². The number of Topliss-reactive ketones (excluding diaryl/α,β-unsaturated/α-hetero) is 1. The van der Waals surface area contributed by atoms with E-state index in [1.165, 1.54) is 0 Å². The molecule has 5 rings (SSSR count). The van der Waals surface area contributed by atoms with Gasteiger partial charge in [-0.15, -0.1) is 0 Å². The molecule has 0 aromatic carbocycles. The van der Waals surface area contributed by atoms with Crippen molar-refractivity contribution in [1.82, 2.24) is 0 Å². The van der Waals surface area contributed by atoms with E-state index >= 15 is 0 Å². The summed E-state index contributed by atoms with van der Waals surface area (Å²) in [6.45, 7) is 21.8. The fourth-order valence-corrected chi connectivity index (χ4v) is 11.3. The number of ether oxygens (including phenoxy) is 5. The molecular weight excluding hydrogens is 704 g/mol. The molecule has 5 aliphatic rings. The first kappa shape index (κ1) is 44.7. The summed E-state index contributed by atoms with van der Waals surface area (Å²) < 4.78 is 34.0. The van der Waals surface area contributed by atoms with E-state index in [9.17, 15) is 30.0 Å². The van der Waals surface area contributed by atoms with E-state index < -0.39 is 76.8 Å². The number of ketones is 1. The van der Waals surface area contributed by atoms with Gasteiger partial charge >= 0.3 is 5.97 Å². The molecule has 4 saturated heterocycles. The van der Waals surface area contributed by atoms with Crippen molar-refractivity contribution in [3.63, 3.8) is 0 Å². The third kappa shape index (κ3) is 8.13. The molecule has 316 valence electrons. The Labute approximate surface area is 330 Å². The van der Waals surface area contributed by atoms with Gasteiger partial charge in [-0.2, -0.15) is 0 Å². The lowest BCUT2D eigenvalue weighted by Crippen LogP contribution is -2.63. The maximum absolute atomic E-state index is 14.5. The van der Waals surface area contributed by atoms with E-state index in [-0.39, 0.29) is 47.8 Å². The van der Waals surface area contributed by atoms with Crippen molar-refractivity contribution in [1.29, 1.82) is 0 Å². The van der Waals surface area contributed by atoms with Crippen LogP contribution in [-0.4, -0.2) is 97.7 Å². The number of hydrogen-bond donors (Lipinski definition) is 4. The number of carboxylic acids is 1. The van der Waals surface area contributed by atoms with Gasteiger partial charge in [0.2, 0.25) is 5.79 Å². The largest absolute Gasteiger partial charge is 0.481 e. The van der Waals surface area contributed by atoms with Crippen molar-refractivity contribution in [2.24, 2.45) is 47.3 Å². The van der Waals surface area contributed by atoms with Gasteiger partial charge in [0.1, 0.15) is 11.9 Å². The molecule has 0 aromatic rings. The number of carbonyl (C=O) groups is 2. The molecule has 0 aromatic heterocycles. The highest BCUT2D eigenvalue weighted by Gasteiger charge is 2.64. The van der Waals surface area contributed by atoms with Crippen molar-refractivity contribution in [2.75, 3.05) is 0 Å². The summed E-state index contributed by atoms with van der Waals surface area (Å²) in [5.41, 5.74) is -1.59. The Morgan fingerprint density at radius 1 is 0.818 bits per heavy atom.